The molecule has 29 heavy (non-hydrogen) atoms. The van der Waals surface area contributed by atoms with Gasteiger partial charge in [-0.1, -0.05) is 61.9 Å². The molecule has 0 unspecified atom stereocenters. The fraction of sp³-hybridized carbons (Fsp3) is 0.250. The van der Waals surface area contributed by atoms with Crippen molar-refractivity contribution in [2.45, 2.75) is 39.2 Å². The van der Waals surface area contributed by atoms with Crippen molar-refractivity contribution in [1.82, 2.24) is 9.55 Å². The molecule has 0 fully saturated rings. The molecule has 1 aromatic heterocycles. The number of phenolic OH excluding ortho intramolecular Hbond substituents is 1. The summed E-state index contributed by atoms with van der Waals surface area (Å²) in [6.07, 6.45) is 6.59. The minimum absolute atomic E-state index is 0.223. The molecule has 0 spiro atoms. The molecule has 1 heterocycles. The lowest BCUT2D eigenvalue weighted by Gasteiger charge is -2.12. The number of aliphatic carboxylic acids is 1. The number of carbonyl (C=O) groups is 1. The zero-order valence-electron chi connectivity index (χ0n) is 16.6. The first-order valence-corrected chi connectivity index (χ1v) is 9.87. The lowest BCUT2D eigenvalue weighted by Crippen LogP contribution is -2.09. The molecule has 0 aliphatic heterocycles. The number of unbranched alkanes of at least 4 members (excludes halogenated alkanes) is 1. The Labute approximate surface area is 171 Å². The molecule has 0 atom stereocenters. The van der Waals surface area contributed by atoms with Gasteiger partial charge in [-0.3, -0.25) is 0 Å². The highest BCUT2D eigenvalue weighted by Gasteiger charge is 2.14. The van der Waals surface area contributed by atoms with Crippen molar-refractivity contribution in [3.8, 4) is 5.75 Å². The summed E-state index contributed by atoms with van der Waals surface area (Å²) in [5.74, 6) is 0.172. The van der Waals surface area contributed by atoms with E-state index in [0.29, 0.717) is 18.5 Å². The van der Waals surface area contributed by atoms with Crippen LogP contribution in [0.5, 0.6) is 5.75 Å². The average molecular weight is 390 g/mol. The van der Waals surface area contributed by atoms with Crippen LogP contribution in [0.25, 0.3) is 6.08 Å². The predicted molar refractivity (Wildman–Crippen MR) is 114 cm³/mol. The van der Waals surface area contributed by atoms with Gasteiger partial charge in [0.15, 0.2) is 0 Å². The Morgan fingerprint density at radius 1 is 1.10 bits per heavy atom. The monoisotopic (exact) mass is 390 g/mol. The van der Waals surface area contributed by atoms with Gasteiger partial charge in [-0.2, -0.15) is 0 Å². The Hall–Kier alpha value is -3.34. The molecule has 2 N–H and O–H groups in total. The highest BCUT2D eigenvalue weighted by molar-refractivity contribution is 5.92. The maximum atomic E-state index is 11.9. The molecule has 3 aromatic rings. The number of carboxylic acids is 1. The van der Waals surface area contributed by atoms with Gasteiger partial charge < -0.3 is 14.8 Å². The first-order chi connectivity index (χ1) is 14.1. The zero-order valence-corrected chi connectivity index (χ0v) is 16.6. The van der Waals surface area contributed by atoms with E-state index in [9.17, 15) is 15.0 Å². The summed E-state index contributed by atoms with van der Waals surface area (Å²) < 4.78 is 2.00. The largest absolute Gasteiger partial charge is 0.508 e. The van der Waals surface area contributed by atoms with Gasteiger partial charge >= 0.3 is 5.97 Å². The van der Waals surface area contributed by atoms with Gasteiger partial charge in [0.1, 0.15) is 11.6 Å². The molecule has 0 radical (unpaired) electrons. The van der Waals surface area contributed by atoms with Gasteiger partial charge in [-0.15, -0.1) is 0 Å². The minimum atomic E-state index is -0.945. The number of aromatic nitrogens is 2. The number of aryl methyl sites for hydroxylation is 1. The van der Waals surface area contributed by atoms with E-state index in [2.05, 4.69) is 11.9 Å². The Balaban J connectivity index is 1.98. The Bertz CT molecular complexity index is 990. The SMILES string of the molecule is CCCCc1ncc(/C=C(\Cc2ccccc2)C(=O)O)n1Cc1ccccc1O. The van der Waals surface area contributed by atoms with Gasteiger partial charge in [0, 0.05) is 24.0 Å². The lowest BCUT2D eigenvalue weighted by molar-refractivity contribution is -0.132. The van der Waals surface area contributed by atoms with Gasteiger partial charge in [0.25, 0.3) is 0 Å². The summed E-state index contributed by atoms with van der Waals surface area (Å²) in [4.78, 5) is 16.4. The molecule has 0 amide bonds. The third-order valence-electron chi connectivity index (χ3n) is 4.88. The van der Waals surface area contributed by atoms with E-state index < -0.39 is 5.97 Å². The van der Waals surface area contributed by atoms with Crippen LogP contribution < -0.4 is 0 Å². The third kappa shape index (κ3) is 5.35. The van der Waals surface area contributed by atoms with E-state index in [1.54, 1.807) is 24.4 Å². The number of hydrogen-bond donors (Lipinski definition) is 2. The molecule has 3 rings (SSSR count). The molecular formula is C24H26N2O3. The Morgan fingerprint density at radius 3 is 2.52 bits per heavy atom. The standard InChI is InChI=1S/C24H26N2O3/c1-2-3-13-23-25-16-21(26(23)17-19-11-7-8-12-22(19)27)15-20(24(28)29)14-18-9-5-4-6-10-18/h4-12,15-16,27H,2-3,13-14,17H2,1H3,(H,28,29)/b20-15+. The number of carboxylic acid groups (broad SMARTS) is 1. The lowest BCUT2D eigenvalue weighted by atomic mass is 10.0. The molecule has 0 aliphatic carbocycles. The van der Waals surface area contributed by atoms with Gasteiger partial charge in [0.05, 0.1) is 18.4 Å². The van der Waals surface area contributed by atoms with Crippen LogP contribution >= 0.6 is 0 Å². The molecule has 150 valence electrons. The quantitative estimate of drug-likeness (QED) is 0.520. The number of nitrogens with zero attached hydrogens (tertiary/aromatic N) is 2. The van der Waals surface area contributed by atoms with Gasteiger partial charge in [0.2, 0.25) is 0 Å². The number of para-hydroxylation sites is 1. The molecule has 5 nitrogen and oxygen atoms in total. The summed E-state index contributed by atoms with van der Waals surface area (Å²) in [5, 5.41) is 19.9. The average Bonchev–Trinajstić information content (AvgIpc) is 3.09. The maximum absolute atomic E-state index is 11.9. The van der Waals surface area contributed by atoms with E-state index in [1.807, 2.05) is 47.0 Å². The summed E-state index contributed by atoms with van der Waals surface area (Å²) >= 11 is 0. The van der Waals surface area contributed by atoms with E-state index in [1.165, 1.54) is 0 Å². The normalized spacial score (nSPS) is 11.6. The van der Waals surface area contributed by atoms with Crippen molar-refractivity contribution >= 4 is 12.0 Å². The Kier molecular flexibility index (Phi) is 6.85. The summed E-state index contributed by atoms with van der Waals surface area (Å²) in [7, 11) is 0. The second-order valence-corrected chi connectivity index (χ2v) is 7.05. The van der Waals surface area contributed by atoms with Crippen molar-refractivity contribution in [2.24, 2.45) is 0 Å². The van der Waals surface area contributed by atoms with Crippen LogP contribution in [-0.4, -0.2) is 25.7 Å². The fourth-order valence-electron chi connectivity index (χ4n) is 3.26. The number of rotatable bonds is 9. The highest BCUT2D eigenvalue weighted by atomic mass is 16.4. The van der Waals surface area contributed by atoms with E-state index in [-0.39, 0.29) is 5.75 Å². The van der Waals surface area contributed by atoms with Crippen LogP contribution in [0.4, 0.5) is 0 Å². The van der Waals surface area contributed by atoms with Crippen molar-refractivity contribution in [3.05, 3.63) is 89.0 Å². The second-order valence-electron chi connectivity index (χ2n) is 7.05. The minimum Gasteiger partial charge on any atom is -0.508 e. The van der Waals surface area contributed by atoms with Crippen molar-refractivity contribution < 1.29 is 15.0 Å². The van der Waals surface area contributed by atoms with Crippen LogP contribution in [0.3, 0.4) is 0 Å². The summed E-state index contributed by atoms with van der Waals surface area (Å²) in [6, 6.07) is 16.8. The maximum Gasteiger partial charge on any atom is 0.331 e. The Morgan fingerprint density at radius 2 is 1.83 bits per heavy atom. The van der Waals surface area contributed by atoms with Crippen molar-refractivity contribution in [3.63, 3.8) is 0 Å². The summed E-state index contributed by atoms with van der Waals surface area (Å²) in [5.41, 5.74) is 2.75. The molecule has 0 bridgehead atoms. The summed E-state index contributed by atoms with van der Waals surface area (Å²) in [6.45, 7) is 2.56. The number of imidazole rings is 1. The zero-order chi connectivity index (χ0) is 20.6. The fourth-order valence-corrected chi connectivity index (χ4v) is 3.26. The first kappa shape index (κ1) is 20.4. The van der Waals surface area contributed by atoms with Crippen LogP contribution in [0, 0.1) is 0 Å². The number of phenols is 1. The molecule has 0 saturated heterocycles. The molecule has 0 aliphatic rings. The van der Waals surface area contributed by atoms with E-state index in [0.717, 1.165) is 41.9 Å². The number of hydrogen-bond acceptors (Lipinski definition) is 3. The molecule has 5 heteroatoms. The number of benzene rings is 2. The van der Waals surface area contributed by atoms with Crippen molar-refractivity contribution in [1.29, 1.82) is 0 Å². The van der Waals surface area contributed by atoms with Crippen LogP contribution in [-0.2, 0) is 24.2 Å². The van der Waals surface area contributed by atoms with Crippen molar-refractivity contribution in [2.75, 3.05) is 0 Å². The van der Waals surface area contributed by atoms with Crippen LogP contribution in [0.2, 0.25) is 0 Å². The topological polar surface area (TPSA) is 75.3 Å². The third-order valence-corrected chi connectivity index (χ3v) is 4.88. The number of aromatic hydroxyl groups is 1. The second kappa shape index (κ2) is 9.73. The van der Waals surface area contributed by atoms with E-state index in [4.69, 9.17) is 0 Å². The van der Waals surface area contributed by atoms with Crippen LogP contribution in [0.1, 0.15) is 42.4 Å². The first-order valence-electron chi connectivity index (χ1n) is 9.87. The predicted octanol–water partition coefficient (Wildman–Crippen LogP) is 4.69. The smallest absolute Gasteiger partial charge is 0.331 e. The van der Waals surface area contributed by atoms with E-state index >= 15 is 0 Å². The van der Waals surface area contributed by atoms with Gasteiger partial charge in [-0.25, -0.2) is 9.78 Å². The molecule has 2 aromatic carbocycles. The van der Waals surface area contributed by atoms with Crippen LogP contribution in [0.15, 0.2) is 66.4 Å². The molecular weight excluding hydrogens is 364 g/mol. The van der Waals surface area contributed by atoms with Gasteiger partial charge in [-0.05, 0) is 24.1 Å². The highest BCUT2D eigenvalue weighted by Crippen LogP contribution is 2.22. The molecule has 0 saturated carbocycles.